The highest BCUT2D eigenvalue weighted by atomic mass is 16.5. The molecule has 0 aliphatic carbocycles. The molecular weight excluding hydrogens is 298 g/mol. The summed E-state index contributed by atoms with van der Waals surface area (Å²) < 4.78 is 12.2. The van der Waals surface area contributed by atoms with Crippen molar-refractivity contribution in [3.8, 4) is 0 Å². The fourth-order valence-corrected chi connectivity index (χ4v) is 2.74. The molecule has 0 saturated carbocycles. The predicted molar refractivity (Wildman–Crippen MR) is 83.6 cm³/mol. The van der Waals surface area contributed by atoms with E-state index in [1.54, 1.807) is 24.3 Å². The van der Waals surface area contributed by atoms with Crippen LogP contribution in [0.5, 0.6) is 0 Å². The minimum Gasteiger partial charge on any atom is -0.469 e. The molecule has 1 fully saturated rings. The van der Waals surface area contributed by atoms with Gasteiger partial charge in [-0.25, -0.2) is 4.98 Å². The Kier molecular flexibility index (Phi) is 6.58. The Morgan fingerprint density at radius 3 is 2.96 bits per heavy atom. The smallest absolute Gasteiger partial charge is 0.310 e. The molecule has 0 radical (unpaired) electrons. The van der Waals surface area contributed by atoms with Crippen LogP contribution in [0.25, 0.3) is 0 Å². The van der Waals surface area contributed by atoms with Gasteiger partial charge in [0.15, 0.2) is 0 Å². The number of hydrogen-bond acceptors (Lipinski definition) is 5. The Morgan fingerprint density at radius 2 is 2.35 bits per heavy atom. The number of carbonyl (C=O) groups is 2. The highest BCUT2D eigenvalue weighted by Crippen LogP contribution is 2.16. The molecule has 0 spiro atoms. The van der Waals surface area contributed by atoms with Gasteiger partial charge in [-0.3, -0.25) is 9.59 Å². The third-order valence-electron chi connectivity index (χ3n) is 4.02. The van der Waals surface area contributed by atoms with Crippen molar-refractivity contribution >= 4 is 11.9 Å². The van der Waals surface area contributed by atoms with Gasteiger partial charge < -0.3 is 18.9 Å². The molecule has 0 bridgehead atoms. The molecule has 1 aliphatic rings. The van der Waals surface area contributed by atoms with E-state index in [4.69, 9.17) is 9.47 Å². The molecule has 0 aromatic carbocycles. The monoisotopic (exact) mass is 323 g/mol. The van der Waals surface area contributed by atoms with Crippen LogP contribution in [-0.2, 0) is 25.6 Å². The molecule has 7 heteroatoms. The molecular formula is C16H25N3O4. The quantitative estimate of drug-likeness (QED) is 0.670. The van der Waals surface area contributed by atoms with Crippen LogP contribution in [0.15, 0.2) is 18.7 Å². The SMILES string of the molecule is COC(=O)C(C)CN(CCCn1ccnc1)C(=O)C1CCCO1. The van der Waals surface area contributed by atoms with Gasteiger partial charge in [0.25, 0.3) is 5.91 Å². The number of esters is 1. The first-order valence-corrected chi connectivity index (χ1v) is 8.05. The van der Waals surface area contributed by atoms with Crippen molar-refractivity contribution in [1.29, 1.82) is 0 Å². The molecule has 1 amide bonds. The van der Waals surface area contributed by atoms with Crippen LogP contribution < -0.4 is 0 Å². The van der Waals surface area contributed by atoms with Gasteiger partial charge in [-0.15, -0.1) is 0 Å². The summed E-state index contributed by atoms with van der Waals surface area (Å²) in [5, 5.41) is 0. The van der Waals surface area contributed by atoms with E-state index >= 15 is 0 Å². The number of nitrogens with zero attached hydrogens (tertiary/aromatic N) is 3. The van der Waals surface area contributed by atoms with Crippen molar-refractivity contribution in [3.63, 3.8) is 0 Å². The van der Waals surface area contributed by atoms with Gasteiger partial charge in [0.1, 0.15) is 6.10 Å². The number of ether oxygens (including phenoxy) is 2. The van der Waals surface area contributed by atoms with E-state index < -0.39 is 0 Å². The molecule has 2 heterocycles. The predicted octanol–water partition coefficient (Wildman–Crippen LogP) is 1.09. The Hall–Kier alpha value is -1.89. The van der Waals surface area contributed by atoms with Crippen LogP contribution in [0.4, 0.5) is 0 Å². The molecule has 7 nitrogen and oxygen atoms in total. The van der Waals surface area contributed by atoms with Gasteiger partial charge >= 0.3 is 5.97 Å². The lowest BCUT2D eigenvalue weighted by Gasteiger charge is -2.27. The van der Waals surface area contributed by atoms with E-state index in [0.29, 0.717) is 19.7 Å². The molecule has 2 unspecified atom stereocenters. The van der Waals surface area contributed by atoms with Crippen LogP contribution in [0.2, 0.25) is 0 Å². The second kappa shape index (κ2) is 8.67. The molecule has 1 saturated heterocycles. The van der Waals surface area contributed by atoms with E-state index in [0.717, 1.165) is 25.8 Å². The lowest BCUT2D eigenvalue weighted by molar-refractivity contribution is -0.148. The molecule has 1 aliphatic heterocycles. The van der Waals surface area contributed by atoms with Crippen molar-refractivity contribution < 1.29 is 19.1 Å². The summed E-state index contributed by atoms with van der Waals surface area (Å²) in [5.41, 5.74) is 0. The number of aryl methyl sites for hydroxylation is 1. The van der Waals surface area contributed by atoms with Gasteiger partial charge in [-0.05, 0) is 19.3 Å². The summed E-state index contributed by atoms with van der Waals surface area (Å²) >= 11 is 0. The van der Waals surface area contributed by atoms with E-state index in [-0.39, 0.29) is 23.9 Å². The number of aromatic nitrogens is 2. The Balaban J connectivity index is 1.92. The zero-order valence-corrected chi connectivity index (χ0v) is 13.8. The van der Waals surface area contributed by atoms with E-state index in [9.17, 15) is 9.59 Å². The molecule has 2 rings (SSSR count). The normalized spacial score (nSPS) is 18.6. The Labute approximate surface area is 136 Å². The summed E-state index contributed by atoms with van der Waals surface area (Å²) in [7, 11) is 1.37. The lowest BCUT2D eigenvalue weighted by Crippen LogP contribution is -2.43. The first-order chi connectivity index (χ1) is 11.1. The lowest BCUT2D eigenvalue weighted by atomic mass is 10.1. The standard InChI is InChI=1S/C16H25N3O4/c1-13(16(21)22-2)11-19(15(20)14-5-3-10-23-14)8-4-7-18-9-6-17-12-18/h6,9,12-14H,3-5,7-8,10-11H2,1-2H3. The number of rotatable bonds is 8. The maximum atomic E-state index is 12.6. The first kappa shape index (κ1) is 17.5. The van der Waals surface area contributed by atoms with Gasteiger partial charge in [-0.1, -0.05) is 6.92 Å². The highest BCUT2D eigenvalue weighted by molar-refractivity contribution is 5.82. The van der Waals surface area contributed by atoms with Crippen LogP contribution in [0.3, 0.4) is 0 Å². The van der Waals surface area contributed by atoms with Crippen molar-refractivity contribution in [1.82, 2.24) is 14.5 Å². The van der Waals surface area contributed by atoms with E-state index in [1.807, 2.05) is 10.8 Å². The average molecular weight is 323 g/mol. The fraction of sp³-hybridized carbons (Fsp3) is 0.688. The minimum absolute atomic E-state index is 0.0242. The minimum atomic E-state index is -0.368. The van der Waals surface area contributed by atoms with Crippen LogP contribution >= 0.6 is 0 Å². The van der Waals surface area contributed by atoms with E-state index in [1.165, 1.54) is 7.11 Å². The number of amides is 1. The maximum absolute atomic E-state index is 12.6. The molecule has 23 heavy (non-hydrogen) atoms. The van der Waals surface area contributed by atoms with Crippen LogP contribution in [0, 0.1) is 5.92 Å². The van der Waals surface area contributed by atoms with Gasteiger partial charge in [0.2, 0.25) is 0 Å². The Morgan fingerprint density at radius 1 is 1.52 bits per heavy atom. The summed E-state index contributed by atoms with van der Waals surface area (Å²) in [4.78, 5) is 30.0. The van der Waals surface area contributed by atoms with Crippen LogP contribution in [-0.4, -0.2) is 59.2 Å². The van der Waals surface area contributed by atoms with Crippen molar-refractivity contribution in [3.05, 3.63) is 18.7 Å². The topological polar surface area (TPSA) is 73.7 Å². The molecule has 2 atom stereocenters. The summed E-state index contributed by atoms with van der Waals surface area (Å²) in [5.74, 6) is -0.674. The zero-order chi connectivity index (χ0) is 16.7. The summed E-state index contributed by atoms with van der Waals surface area (Å²) in [6, 6.07) is 0. The average Bonchev–Trinajstić information content (AvgIpc) is 3.25. The van der Waals surface area contributed by atoms with Gasteiger partial charge in [0.05, 0.1) is 19.4 Å². The fourth-order valence-electron chi connectivity index (χ4n) is 2.74. The molecule has 0 N–H and O–H groups in total. The Bertz CT molecular complexity index is 497. The third kappa shape index (κ3) is 5.06. The van der Waals surface area contributed by atoms with Crippen molar-refractivity contribution in [2.75, 3.05) is 26.8 Å². The molecule has 1 aromatic heterocycles. The summed E-state index contributed by atoms with van der Waals surface area (Å²) in [6.45, 7) is 4.12. The maximum Gasteiger partial charge on any atom is 0.310 e. The number of imidazole rings is 1. The molecule has 128 valence electrons. The summed E-state index contributed by atoms with van der Waals surface area (Å²) in [6.07, 6.45) is 7.47. The van der Waals surface area contributed by atoms with Gasteiger partial charge in [0, 0.05) is 38.6 Å². The second-order valence-electron chi connectivity index (χ2n) is 5.86. The highest BCUT2D eigenvalue weighted by Gasteiger charge is 2.30. The third-order valence-corrected chi connectivity index (χ3v) is 4.02. The zero-order valence-electron chi connectivity index (χ0n) is 13.8. The second-order valence-corrected chi connectivity index (χ2v) is 5.86. The first-order valence-electron chi connectivity index (χ1n) is 8.05. The van der Waals surface area contributed by atoms with Gasteiger partial charge in [-0.2, -0.15) is 0 Å². The number of methoxy groups -OCH3 is 1. The number of hydrogen-bond donors (Lipinski definition) is 0. The van der Waals surface area contributed by atoms with Crippen LogP contribution in [0.1, 0.15) is 26.2 Å². The van der Waals surface area contributed by atoms with Crippen molar-refractivity contribution in [2.24, 2.45) is 5.92 Å². The number of carbonyl (C=O) groups excluding carboxylic acids is 2. The largest absolute Gasteiger partial charge is 0.469 e. The van der Waals surface area contributed by atoms with E-state index in [2.05, 4.69) is 4.98 Å². The van der Waals surface area contributed by atoms with Crippen molar-refractivity contribution in [2.45, 2.75) is 38.8 Å². The molecule has 1 aromatic rings.